The minimum atomic E-state index is 0.476. The Kier molecular flexibility index (Phi) is 3.71. The van der Waals surface area contributed by atoms with Crippen LogP contribution < -0.4 is 10.6 Å². The van der Waals surface area contributed by atoms with E-state index < -0.39 is 0 Å². The van der Waals surface area contributed by atoms with Gasteiger partial charge in [-0.2, -0.15) is 9.97 Å². The van der Waals surface area contributed by atoms with Crippen molar-refractivity contribution in [2.24, 2.45) is 5.92 Å². The number of aromatic nitrogens is 4. The normalized spacial score (nSPS) is 23.5. The van der Waals surface area contributed by atoms with Crippen LogP contribution in [0.5, 0.6) is 0 Å². The first-order valence-corrected chi connectivity index (χ1v) is 7.43. The first-order chi connectivity index (χ1) is 9.78. The molecule has 6 heteroatoms. The number of hydrogen-bond acceptors (Lipinski definition) is 5. The van der Waals surface area contributed by atoms with Gasteiger partial charge in [0.2, 0.25) is 5.95 Å². The van der Waals surface area contributed by atoms with Crippen LogP contribution in [-0.4, -0.2) is 33.0 Å². The first-order valence-electron chi connectivity index (χ1n) is 7.43. The summed E-state index contributed by atoms with van der Waals surface area (Å²) in [5.74, 6) is 2.13. The van der Waals surface area contributed by atoms with Crippen molar-refractivity contribution < 1.29 is 0 Å². The van der Waals surface area contributed by atoms with Crippen LogP contribution in [0.4, 0.5) is 11.8 Å². The number of nitrogens with zero attached hydrogens (tertiary/aromatic N) is 3. The van der Waals surface area contributed by atoms with E-state index >= 15 is 0 Å². The summed E-state index contributed by atoms with van der Waals surface area (Å²) in [6.45, 7) is 2.33. The third kappa shape index (κ3) is 2.55. The molecule has 0 saturated heterocycles. The highest BCUT2D eigenvalue weighted by molar-refractivity contribution is 5.83. The Labute approximate surface area is 118 Å². The molecule has 2 unspecified atom stereocenters. The Balaban J connectivity index is 1.90. The summed E-state index contributed by atoms with van der Waals surface area (Å²) in [4.78, 5) is 16.3. The molecule has 3 N–H and O–H groups in total. The molecule has 0 bridgehead atoms. The highest BCUT2D eigenvalue weighted by atomic mass is 15.2. The molecule has 2 atom stereocenters. The lowest BCUT2D eigenvalue weighted by atomic mass is 9.97. The minimum Gasteiger partial charge on any atom is -0.365 e. The number of H-pyrrole nitrogens is 1. The molecular weight excluding hydrogens is 252 g/mol. The van der Waals surface area contributed by atoms with Gasteiger partial charge in [-0.25, -0.2) is 4.98 Å². The summed E-state index contributed by atoms with van der Waals surface area (Å²) in [5.41, 5.74) is 1.59. The number of imidazole rings is 1. The van der Waals surface area contributed by atoms with Crippen molar-refractivity contribution in [3.05, 3.63) is 6.33 Å². The molecule has 0 aliphatic heterocycles. The lowest BCUT2D eigenvalue weighted by Crippen LogP contribution is -2.27. The largest absolute Gasteiger partial charge is 0.365 e. The molecule has 0 radical (unpaired) electrons. The number of hydrogen-bond donors (Lipinski definition) is 3. The molecule has 20 heavy (non-hydrogen) atoms. The maximum absolute atomic E-state index is 4.55. The van der Waals surface area contributed by atoms with Gasteiger partial charge in [-0.1, -0.05) is 26.2 Å². The summed E-state index contributed by atoms with van der Waals surface area (Å²) in [6, 6.07) is 0.476. The van der Waals surface area contributed by atoms with Crippen molar-refractivity contribution in [3.8, 4) is 0 Å². The quantitative estimate of drug-likeness (QED) is 0.750. The minimum absolute atomic E-state index is 0.476. The summed E-state index contributed by atoms with van der Waals surface area (Å²) < 4.78 is 0. The van der Waals surface area contributed by atoms with Crippen molar-refractivity contribution in [2.45, 2.75) is 45.1 Å². The van der Waals surface area contributed by atoms with Crippen LogP contribution in [0, 0.1) is 5.92 Å². The second kappa shape index (κ2) is 5.64. The number of nitrogens with one attached hydrogen (secondary N) is 3. The summed E-state index contributed by atoms with van der Waals surface area (Å²) in [7, 11) is 1.83. The van der Waals surface area contributed by atoms with E-state index in [1.807, 2.05) is 7.05 Å². The predicted octanol–water partition coefficient (Wildman–Crippen LogP) is 2.78. The van der Waals surface area contributed by atoms with Crippen molar-refractivity contribution in [1.29, 1.82) is 0 Å². The van der Waals surface area contributed by atoms with Crippen LogP contribution in [0.1, 0.15) is 39.0 Å². The standard InChI is InChI=1S/C14H22N6/c1-9-6-4-3-5-7-10(9)18-13-11-12(17-8-16-11)19-14(15-2)20-13/h8-10H,3-7H2,1-2H3,(H3,15,16,17,18,19,20). The average Bonchev–Trinajstić information content (AvgIpc) is 2.84. The fourth-order valence-electron chi connectivity index (χ4n) is 2.93. The zero-order valence-electron chi connectivity index (χ0n) is 12.1. The Bertz CT molecular complexity index is 578. The number of aromatic amines is 1. The Morgan fingerprint density at radius 2 is 2.05 bits per heavy atom. The highest BCUT2D eigenvalue weighted by Gasteiger charge is 2.21. The summed E-state index contributed by atoms with van der Waals surface area (Å²) >= 11 is 0. The van der Waals surface area contributed by atoms with Crippen LogP contribution in [0.25, 0.3) is 11.2 Å². The Morgan fingerprint density at radius 3 is 2.90 bits per heavy atom. The van der Waals surface area contributed by atoms with Crippen LogP contribution in [0.3, 0.4) is 0 Å². The fraction of sp³-hybridized carbons (Fsp3) is 0.643. The van der Waals surface area contributed by atoms with E-state index in [-0.39, 0.29) is 0 Å². The smallest absolute Gasteiger partial charge is 0.226 e. The van der Waals surface area contributed by atoms with Gasteiger partial charge in [0.05, 0.1) is 6.33 Å². The van der Waals surface area contributed by atoms with Crippen molar-refractivity contribution >= 4 is 22.9 Å². The van der Waals surface area contributed by atoms with Crippen LogP contribution in [0.2, 0.25) is 0 Å². The topological polar surface area (TPSA) is 78.5 Å². The molecule has 1 aliphatic carbocycles. The third-order valence-electron chi connectivity index (χ3n) is 4.19. The molecule has 0 spiro atoms. The fourth-order valence-corrected chi connectivity index (χ4v) is 2.93. The first kappa shape index (κ1) is 13.1. The van der Waals surface area contributed by atoms with Crippen LogP contribution in [0.15, 0.2) is 6.33 Å². The van der Waals surface area contributed by atoms with E-state index in [1.54, 1.807) is 6.33 Å². The van der Waals surface area contributed by atoms with Gasteiger partial charge in [0.25, 0.3) is 0 Å². The van der Waals surface area contributed by atoms with Gasteiger partial charge in [0, 0.05) is 13.1 Å². The van der Waals surface area contributed by atoms with E-state index in [9.17, 15) is 0 Å². The molecule has 0 aromatic carbocycles. The zero-order valence-corrected chi connectivity index (χ0v) is 12.1. The van der Waals surface area contributed by atoms with Gasteiger partial charge < -0.3 is 15.6 Å². The molecule has 3 rings (SSSR count). The summed E-state index contributed by atoms with van der Waals surface area (Å²) in [5, 5.41) is 6.61. The SMILES string of the molecule is CNc1nc(NC2CCCCCC2C)c2[nH]cnc2n1. The molecule has 108 valence electrons. The van der Waals surface area contributed by atoms with Crippen molar-refractivity contribution in [3.63, 3.8) is 0 Å². The van der Waals surface area contributed by atoms with Gasteiger partial charge in [0.15, 0.2) is 11.5 Å². The van der Waals surface area contributed by atoms with Gasteiger partial charge in [-0.3, -0.25) is 0 Å². The molecule has 1 saturated carbocycles. The molecule has 2 aromatic heterocycles. The Hall–Kier alpha value is -1.85. The van der Waals surface area contributed by atoms with Gasteiger partial charge in [-0.05, 0) is 18.8 Å². The van der Waals surface area contributed by atoms with E-state index in [1.165, 1.54) is 32.1 Å². The maximum atomic E-state index is 4.55. The second-order valence-corrected chi connectivity index (χ2v) is 5.61. The lowest BCUT2D eigenvalue weighted by Gasteiger charge is -2.23. The Morgan fingerprint density at radius 1 is 1.20 bits per heavy atom. The molecule has 1 aliphatic rings. The lowest BCUT2D eigenvalue weighted by molar-refractivity contribution is 0.456. The van der Waals surface area contributed by atoms with Gasteiger partial charge >= 0.3 is 0 Å². The maximum Gasteiger partial charge on any atom is 0.226 e. The monoisotopic (exact) mass is 274 g/mol. The second-order valence-electron chi connectivity index (χ2n) is 5.61. The number of fused-ring (bicyclic) bond motifs is 1. The van der Waals surface area contributed by atoms with E-state index in [4.69, 9.17) is 0 Å². The van der Waals surface area contributed by atoms with Crippen LogP contribution in [-0.2, 0) is 0 Å². The molecule has 2 aromatic rings. The van der Waals surface area contributed by atoms with Crippen LogP contribution >= 0.6 is 0 Å². The predicted molar refractivity (Wildman–Crippen MR) is 80.9 cm³/mol. The number of anilines is 2. The highest BCUT2D eigenvalue weighted by Crippen LogP contribution is 2.27. The van der Waals surface area contributed by atoms with Crippen molar-refractivity contribution in [2.75, 3.05) is 17.7 Å². The molecule has 6 nitrogen and oxygen atoms in total. The molecule has 1 fully saturated rings. The molecular formula is C14H22N6. The van der Waals surface area contributed by atoms with E-state index in [0.717, 1.165) is 11.3 Å². The third-order valence-corrected chi connectivity index (χ3v) is 4.19. The number of rotatable bonds is 3. The van der Waals surface area contributed by atoms with E-state index in [2.05, 4.69) is 37.5 Å². The summed E-state index contributed by atoms with van der Waals surface area (Å²) in [6.07, 6.45) is 8.12. The van der Waals surface area contributed by atoms with Crippen molar-refractivity contribution in [1.82, 2.24) is 19.9 Å². The van der Waals surface area contributed by atoms with Gasteiger partial charge in [-0.15, -0.1) is 0 Å². The molecule has 0 amide bonds. The molecule has 2 heterocycles. The van der Waals surface area contributed by atoms with E-state index in [0.29, 0.717) is 23.6 Å². The average molecular weight is 274 g/mol. The van der Waals surface area contributed by atoms with Gasteiger partial charge in [0.1, 0.15) is 5.52 Å². The zero-order chi connectivity index (χ0) is 13.9.